The van der Waals surface area contributed by atoms with Crippen molar-refractivity contribution >= 4 is 33.4 Å². The highest BCUT2D eigenvalue weighted by Crippen LogP contribution is 2.29. The third-order valence-corrected chi connectivity index (χ3v) is 5.84. The van der Waals surface area contributed by atoms with Crippen molar-refractivity contribution in [2.45, 2.75) is 46.1 Å². The van der Waals surface area contributed by atoms with E-state index in [4.69, 9.17) is 0 Å². The summed E-state index contributed by atoms with van der Waals surface area (Å²) in [6.45, 7) is 6.82. The number of carbonyl (C=O) groups is 2. The van der Waals surface area contributed by atoms with E-state index in [1.54, 1.807) is 11.9 Å². The van der Waals surface area contributed by atoms with E-state index in [1.165, 1.54) is 12.8 Å². The van der Waals surface area contributed by atoms with Crippen LogP contribution in [0.3, 0.4) is 0 Å². The van der Waals surface area contributed by atoms with Crippen molar-refractivity contribution in [2.75, 3.05) is 25.5 Å². The fourth-order valence-corrected chi connectivity index (χ4v) is 4.02. The minimum absolute atomic E-state index is 0.00827. The molecule has 0 saturated heterocycles. The van der Waals surface area contributed by atoms with E-state index in [-0.39, 0.29) is 30.9 Å². The van der Waals surface area contributed by atoms with Crippen molar-refractivity contribution in [1.29, 1.82) is 0 Å². The molecule has 0 radical (unpaired) electrons. The average molecular weight is 424 g/mol. The molecular weight excluding hydrogens is 394 g/mol. The second-order valence-corrected chi connectivity index (χ2v) is 8.54. The zero-order valence-corrected chi connectivity index (χ0v) is 17.7. The summed E-state index contributed by atoms with van der Waals surface area (Å²) in [7, 11) is 1.79. The minimum atomic E-state index is -0.120. The molecule has 5 nitrogen and oxygen atoms in total. The van der Waals surface area contributed by atoms with Gasteiger partial charge in [-0.25, -0.2) is 0 Å². The van der Waals surface area contributed by atoms with Crippen LogP contribution >= 0.6 is 15.9 Å². The first-order valence-corrected chi connectivity index (χ1v) is 10.1. The van der Waals surface area contributed by atoms with E-state index >= 15 is 0 Å². The number of benzene rings is 1. The van der Waals surface area contributed by atoms with E-state index in [2.05, 4.69) is 40.4 Å². The Balaban J connectivity index is 1.79. The second kappa shape index (κ2) is 9.51. The van der Waals surface area contributed by atoms with E-state index in [9.17, 15) is 9.59 Å². The maximum atomic E-state index is 12.3. The third kappa shape index (κ3) is 6.09. The van der Waals surface area contributed by atoms with E-state index in [1.807, 2.05) is 25.1 Å². The van der Waals surface area contributed by atoms with Gasteiger partial charge < -0.3 is 10.6 Å². The van der Waals surface area contributed by atoms with Gasteiger partial charge in [-0.2, -0.15) is 0 Å². The molecule has 1 aliphatic rings. The highest BCUT2D eigenvalue weighted by Gasteiger charge is 2.28. The van der Waals surface area contributed by atoms with Gasteiger partial charge in [-0.3, -0.25) is 14.5 Å². The molecule has 1 aliphatic carbocycles. The number of rotatable bonds is 6. The number of anilines is 1. The van der Waals surface area contributed by atoms with Crippen LogP contribution < -0.4 is 10.6 Å². The summed E-state index contributed by atoms with van der Waals surface area (Å²) in [6, 6.07) is 5.97. The van der Waals surface area contributed by atoms with Gasteiger partial charge in [0.25, 0.3) is 0 Å². The molecule has 2 N–H and O–H groups in total. The van der Waals surface area contributed by atoms with Crippen LogP contribution in [-0.2, 0) is 9.59 Å². The highest BCUT2D eigenvalue weighted by atomic mass is 79.9. The number of halogens is 1. The number of hydrogen-bond acceptors (Lipinski definition) is 3. The molecule has 0 aliphatic heterocycles. The lowest BCUT2D eigenvalue weighted by atomic mass is 9.78. The first kappa shape index (κ1) is 20.9. The standard InChI is InChI=1S/C20H30BrN3O2/c1-13-6-5-7-18(15(13)3)23-20(26)12-24(4)11-19(25)22-17-9-8-16(21)10-14(17)2/h8-10,13,15,18H,5-7,11-12H2,1-4H3,(H,22,25)(H,23,26)/t13-,15-,18+/m0/s1. The minimum Gasteiger partial charge on any atom is -0.352 e. The van der Waals surface area contributed by atoms with Crippen LogP contribution in [0.1, 0.15) is 38.7 Å². The maximum Gasteiger partial charge on any atom is 0.238 e. The number of likely N-dealkylation sites (N-methyl/N-ethyl adjacent to an activating group) is 1. The Morgan fingerprint density at radius 1 is 1.19 bits per heavy atom. The molecule has 0 heterocycles. The Morgan fingerprint density at radius 2 is 1.88 bits per heavy atom. The predicted molar refractivity (Wildman–Crippen MR) is 109 cm³/mol. The van der Waals surface area contributed by atoms with Crippen molar-refractivity contribution in [1.82, 2.24) is 10.2 Å². The van der Waals surface area contributed by atoms with Gasteiger partial charge in [-0.1, -0.05) is 42.6 Å². The van der Waals surface area contributed by atoms with Crippen molar-refractivity contribution in [2.24, 2.45) is 11.8 Å². The Morgan fingerprint density at radius 3 is 2.58 bits per heavy atom. The van der Waals surface area contributed by atoms with Crippen LogP contribution in [0.2, 0.25) is 0 Å². The molecule has 0 aromatic heterocycles. The Kier molecular flexibility index (Phi) is 7.65. The normalized spacial score (nSPS) is 22.9. The maximum absolute atomic E-state index is 12.3. The second-order valence-electron chi connectivity index (χ2n) is 7.62. The van der Waals surface area contributed by atoms with E-state index in [0.717, 1.165) is 22.1 Å². The molecule has 3 atom stereocenters. The van der Waals surface area contributed by atoms with Gasteiger partial charge in [0.1, 0.15) is 0 Å². The molecule has 144 valence electrons. The van der Waals surface area contributed by atoms with Gasteiger partial charge in [0, 0.05) is 16.2 Å². The van der Waals surface area contributed by atoms with Crippen LogP contribution in [0.15, 0.2) is 22.7 Å². The first-order valence-electron chi connectivity index (χ1n) is 9.30. The highest BCUT2D eigenvalue weighted by molar-refractivity contribution is 9.10. The molecule has 1 fully saturated rings. The Hall–Kier alpha value is -1.40. The molecular formula is C20H30BrN3O2. The van der Waals surface area contributed by atoms with Crippen molar-refractivity contribution in [3.05, 3.63) is 28.2 Å². The molecule has 1 aromatic rings. The van der Waals surface area contributed by atoms with Crippen LogP contribution in [0, 0.1) is 18.8 Å². The van der Waals surface area contributed by atoms with Crippen molar-refractivity contribution in [3.63, 3.8) is 0 Å². The summed E-state index contributed by atoms with van der Waals surface area (Å²) in [6.07, 6.45) is 3.45. The Labute approximate surface area is 165 Å². The van der Waals surface area contributed by atoms with Crippen molar-refractivity contribution < 1.29 is 9.59 Å². The van der Waals surface area contributed by atoms with Gasteiger partial charge in [0.15, 0.2) is 0 Å². The van der Waals surface area contributed by atoms with Gasteiger partial charge in [-0.05, 0) is 56.0 Å². The number of carbonyl (C=O) groups excluding carboxylic acids is 2. The van der Waals surface area contributed by atoms with Gasteiger partial charge in [-0.15, -0.1) is 0 Å². The van der Waals surface area contributed by atoms with E-state index in [0.29, 0.717) is 11.8 Å². The van der Waals surface area contributed by atoms with Gasteiger partial charge in [0.05, 0.1) is 13.1 Å². The fourth-order valence-electron chi connectivity index (χ4n) is 3.54. The molecule has 2 rings (SSSR count). The predicted octanol–water partition coefficient (Wildman–Crippen LogP) is 3.57. The van der Waals surface area contributed by atoms with Gasteiger partial charge in [0.2, 0.25) is 11.8 Å². The lowest BCUT2D eigenvalue weighted by molar-refractivity contribution is -0.124. The molecule has 1 aromatic carbocycles. The van der Waals surface area contributed by atoms with Crippen LogP contribution in [0.4, 0.5) is 5.69 Å². The lowest BCUT2D eigenvalue weighted by Gasteiger charge is -2.34. The number of nitrogens with one attached hydrogen (secondary N) is 2. The van der Waals surface area contributed by atoms with E-state index < -0.39 is 0 Å². The fraction of sp³-hybridized carbons (Fsp3) is 0.600. The molecule has 0 bridgehead atoms. The average Bonchev–Trinajstić information content (AvgIpc) is 2.54. The first-order chi connectivity index (χ1) is 12.3. The zero-order valence-electron chi connectivity index (χ0n) is 16.1. The Bertz CT molecular complexity index is 650. The summed E-state index contributed by atoms with van der Waals surface area (Å²) >= 11 is 3.41. The summed E-state index contributed by atoms with van der Waals surface area (Å²) in [5.74, 6) is 1.02. The summed E-state index contributed by atoms with van der Waals surface area (Å²) in [4.78, 5) is 26.3. The van der Waals surface area contributed by atoms with Crippen LogP contribution in [0.5, 0.6) is 0 Å². The number of nitrogens with zero attached hydrogens (tertiary/aromatic N) is 1. The number of hydrogen-bond donors (Lipinski definition) is 2. The topological polar surface area (TPSA) is 61.4 Å². The molecule has 0 spiro atoms. The smallest absolute Gasteiger partial charge is 0.238 e. The lowest BCUT2D eigenvalue weighted by Crippen LogP contribution is -2.47. The largest absolute Gasteiger partial charge is 0.352 e. The number of aryl methyl sites for hydroxylation is 1. The monoisotopic (exact) mass is 423 g/mol. The molecule has 2 amide bonds. The molecule has 26 heavy (non-hydrogen) atoms. The van der Waals surface area contributed by atoms with Crippen molar-refractivity contribution in [3.8, 4) is 0 Å². The number of amides is 2. The SMILES string of the molecule is Cc1cc(Br)ccc1NC(=O)CN(C)CC(=O)N[C@@H]1CCC[C@H](C)[C@@H]1C. The zero-order chi connectivity index (χ0) is 19.3. The molecule has 1 saturated carbocycles. The third-order valence-electron chi connectivity index (χ3n) is 5.34. The van der Waals surface area contributed by atoms with Crippen LogP contribution in [0.25, 0.3) is 0 Å². The summed E-state index contributed by atoms with van der Waals surface area (Å²) < 4.78 is 0.980. The molecule has 6 heteroatoms. The molecule has 0 unspecified atom stereocenters. The summed E-state index contributed by atoms with van der Waals surface area (Å²) in [5.41, 5.74) is 1.79. The summed E-state index contributed by atoms with van der Waals surface area (Å²) in [5, 5.41) is 6.05. The quantitative estimate of drug-likeness (QED) is 0.734. The van der Waals surface area contributed by atoms with Crippen LogP contribution in [-0.4, -0.2) is 42.9 Å². The van der Waals surface area contributed by atoms with Gasteiger partial charge >= 0.3 is 0 Å².